The van der Waals surface area contributed by atoms with Crippen molar-refractivity contribution in [2.75, 3.05) is 26.2 Å². The molecule has 2 aliphatic heterocycles. The number of piperazine rings is 1. The van der Waals surface area contributed by atoms with E-state index >= 15 is 0 Å². The Kier molecular flexibility index (Phi) is 3.81. The van der Waals surface area contributed by atoms with Crippen molar-refractivity contribution in [3.8, 4) is 0 Å². The Balaban J connectivity index is 1.58. The molecule has 0 aromatic carbocycles. The molecule has 2 saturated heterocycles. The van der Waals surface area contributed by atoms with Gasteiger partial charge in [0, 0.05) is 37.6 Å². The van der Waals surface area contributed by atoms with E-state index in [-0.39, 0.29) is 12.0 Å². The molecule has 3 fully saturated rings. The molecule has 0 aromatic rings. The summed E-state index contributed by atoms with van der Waals surface area (Å²) in [6, 6.07) is 0.851. The SMILES string of the molecule is CC1CCC(C(=O)N2CCN3CCCC3C2)CC1N. The average molecular weight is 265 g/mol. The normalized spacial score (nSPS) is 40.2. The highest BCUT2D eigenvalue weighted by atomic mass is 16.2. The van der Waals surface area contributed by atoms with E-state index in [2.05, 4.69) is 16.7 Å². The lowest BCUT2D eigenvalue weighted by Crippen LogP contribution is -2.54. The second-order valence-electron chi connectivity index (χ2n) is 6.77. The Morgan fingerprint density at radius 1 is 1.16 bits per heavy atom. The van der Waals surface area contributed by atoms with Crippen molar-refractivity contribution in [3.05, 3.63) is 0 Å². The van der Waals surface area contributed by atoms with Crippen LogP contribution in [0.2, 0.25) is 0 Å². The lowest BCUT2D eigenvalue weighted by Gasteiger charge is -2.40. The molecule has 4 heteroatoms. The first-order chi connectivity index (χ1) is 9.15. The third-order valence-electron chi connectivity index (χ3n) is 5.51. The zero-order valence-electron chi connectivity index (χ0n) is 12.1. The van der Waals surface area contributed by atoms with Crippen LogP contribution in [0.15, 0.2) is 0 Å². The third kappa shape index (κ3) is 2.65. The van der Waals surface area contributed by atoms with Gasteiger partial charge in [0.1, 0.15) is 0 Å². The minimum absolute atomic E-state index is 0.194. The molecule has 2 N–H and O–H groups in total. The number of nitrogens with zero attached hydrogens (tertiary/aromatic N) is 2. The van der Waals surface area contributed by atoms with E-state index in [9.17, 15) is 4.79 Å². The summed E-state index contributed by atoms with van der Waals surface area (Å²) in [5.74, 6) is 1.16. The van der Waals surface area contributed by atoms with Crippen LogP contribution >= 0.6 is 0 Å². The van der Waals surface area contributed by atoms with Crippen molar-refractivity contribution in [2.45, 2.75) is 51.1 Å². The van der Waals surface area contributed by atoms with Gasteiger partial charge in [0.25, 0.3) is 0 Å². The van der Waals surface area contributed by atoms with Crippen LogP contribution in [0, 0.1) is 11.8 Å². The van der Waals surface area contributed by atoms with Gasteiger partial charge in [-0.05, 0) is 44.6 Å². The van der Waals surface area contributed by atoms with E-state index in [0.29, 0.717) is 17.9 Å². The molecule has 4 atom stereocenters. The lowest BCUT2D eigenvalue weighted by molar-refractivity contribution is -0.139. The Hall–Kier alpha value is -0.610. The van der Waals surface area contributed by atoms with Gasteiger partial charge in [-0.25, -0.2) is 0 Å². The summed E-state index contributed by atoms with van der Waals surface area (Å²) >= 11 is 0. The van der Waals surface area contributed by atoms with Gasteiger partial charge in [0.05, 0.1) is 0 Å². The molecule has 1 saturated carbocycles. The minimum Gasteiger partial charge on any atom is -0.340 e. The van der Waals surface area contributed by atoms with Crippen LogP contribution in [0.25, 0.3) is 0 Å². The van der Waals surface area contributed by atoms with Crippen LogP contribution in [0.1, 0.15) is 39.0 Å². The Morgan fingerprint density at radius 2 is 2.00 bits per heavy atom. The van der Waals surface area contributed by atoms with Gasteiger partial charge in [0.2, 0.25) is 5.91 Å². The largest absolute Gasteiger partial charge is 0.340 e. The fourth-order valence-electron chi connectivity index (χ4n) is 4.03. The number of hydrogen-bond acceptors (Lipinski definition) is 3. The Bertz CT molecular complexity index is 346. The van der Waals surface area contributed by atoms with Crippen molar-refractivity contribution < 1.29 is 4.79 Å². The maximum atomic E-state index is 12.6. The minimum atomic E-state index is 0.194. The predicted molar refractivity (Wildman–Crippen MR) is 75.7 cm³/mol. The molecule has 4 unspecified atom stereocenters. The standard InChI is InChI=1S/C15H27N3O/c1-11-4-5-12(9-14(11)16)15(19)18-8-7-17-6-2-3-13(17)10-18/h11-14H,2-10,16H2,1H3. The number of carbonyl (C=O) groups is 1. The first-order valence-corrected chi connectivity index (χ1v) is 7.93. The van der Waals surface area contributed by atoms with Gasteiger partial charge < -0.3 is 10.6 Å². The molecule has 4 nitrogen and oxygen atoms in total. The first kappa shape index (κ1) is 13.4. The van der Waals surface area contributed by atoms with Crippen molar-refractivity contribution in [2.24, 2.45) is 17.6 Å². The van der Waals surface area contributed by atoms with Crippen LogP contribution < -0.4 is 5.73 Å². The van der Waals surface area contributed by atoms with E-state index in [1.54, 1.807) is 0 Å². The van der Waals surface area contributed by atoms with Crippen molar-refractivity contribution in [1.82, 2.24) is 9.80 Å². The number of hydrogen-bond donors (Lipinski definition) is 1. The summed E-state index contributed by atoms with van der Waals surface area (Å²) in [7, 11) is 0. The number of carbonyl (C=O) groups excluding carboxylic acids is 1. The predicted octanol–water partition coefficient (Wildman–Crippen LogP) is 1.06. The quantitative estimate of drug-likeness (QED) is 0.771. The number of rotatable bonds is 1. The third-order valence-corrected chi connectivity index (χ3v) is 5.51. The highest BCUT2D eigenvalue weighted by Gasteiger charge is 2.36. The average Bonchev–Trinajstić information content (AvgIpc) is 2.88. The topological polar surface area (TPSA) is 49.6 Å². The van der Waals surface area contributed by atoms with E-state index in [1.165, 1.54) is 19.4 Å². The highest BCUT2D eigenvalue weighted by Crippen LogP contribution is 2.30. The van der Waals surface area contributed by atoms with E-state index in [1.807, 2.05) is 0 Å². The van der Waals surface area contributed by atoms with Crippen LogP contribution in [0.4, 0.5) is 0 Å². The summed E-state index contributed by atoms with van der Waals surface area (Å²) in [5, 5.41) is 0. The van der Waals surface area contributed by atoms with Crippen LogP contribution in [0.5, 0.6) is 0 Å². The number of amides is 1. The van der Waals surface area contributed by atoms with E-state index < -0.39 is 0 Å². The molecule has 19 heavy (non-hydrogen) atoms. The van der Waals surface area contributed by atoms with Crippen LogP contribution in [-0.4, -0.2) is 54.0 Å². The molecule has 3 rings (SSSR count). The van der Waals surface area contributed by atoms with Gasteiger partial charge >= 0.3 is 0 Å². The van der Waals surface area contributed by atoms with Gasteiger partial charge in [-0.2, -0.15) is 0 Å². The van der Waals surface area contributed by atoms with Gasteiger partial charge in [-0.1, -0.05) is 6.92 Å². The summed E-state index contributed by atoms with van der Waals surface area (Å²) in [5.41, 5.74) is 6.14. The lowest BCUT2D eigenvalue weighted by atomic mass is 9.79. The smallest absolute Gasteiger partial charge is 0.225 e. The maximum absolute atomic E-state index is 12.6. The van der Waals surface area contributed by atoms with Gasteiger partial charge in [0.15, 0.2) is 0 Å². The second-order valence-corrected chi connectivity index (χ2v) is 6.77. The molecular weight excluding hydrogens is 238 g/mol. The summed E-state index contributed by atoms with van der Waals surface area (Å²) in [6.07, 6.45) is 5.62. The van der Waals surface area contributed by atoms with Gasteiger partial charge in [-0.3, -0.25) is 9.69 Å². The maximum Gasteiger partial charge on any atom is 0.225 e. The fourth-order valence-corrected chi connectivity index (χ4v) is 4.03. The summed E-state index contributed by atoms with van der Waals surface area (Å²) < 4.78 is 0. The second kappa shape index (κ2) is 5.41. The molecule has 0 spiro atoms. The van der Waals surface area contributed by atoms with Crippen molar-refractivity contribution in [1.29, 1.82) is 0 Å². The number of nitrogens with two attached hydrogens (primary N) is 1. The van der Waals surface area contributed by atoms with Crippen molar-refractivity contribution in [3.63, 3.8) is 0 Å². The number of fused-ring (bicyclic) bond motifs is 1. The van der Waals surface area contributed by atoms with Crippen molar-refractivity contribution >= 4 is 5.91 Å². The Morgan fingerprint density at radius 3 is 2.79 bits per heavy atom. The molecular formula is C15H27N3O. The summed E-state index contributed by atoms with van der Waals surface area (Å²) in [4.78, 5) is 17.3. The summed E-state index contributed by atoms with van der Waals surface area (Å²) in [6.45, 7) is 6.41. The molecule has 3 aliphatic rings. The van der Waals surface area contributed by atoms with Gasteiger partial charge in [-0.15, -0.1) is 0 Å². The molecule has 108 valence electrons. The zero-order chi connectivity index (χ0) is 13.4. The van der Waals surface area contributed by atoms with Crippen LogP contribution in [0.3, 0.4) is 0 Å². The molecule has 0 bridgehead atoms. The zero-order valence-corrected chi connectivity index (χ0v) is 12.1. The molecule has 0 aromatic heterocycles. The molecule has 1 aliphatic carbocycles. The van der Waals surface area contributed by atoms with Crippen LogP contribution in [-0.2, 0) is 4.79 Å². The monoisotopic (exact) mass is 265 g/mol. The van der Waals surface area contributed by atoms with E-state index in [4.69, 9.17) is 5.73 Å². The molecule has 0 radical (unpaired) electrons. The van der Waals surface area contributed by atoms with E-state index in [0.717, 1.165) is 38.9 Å². The molecule has 1 amide bonds. The Labute approximate surface area is 116 Å². The highest BCUT2D eigenvalue weighted by molar-refractivity contribution is 5.79. The first-order valence-electron chi connectivity index (χ1n) is 7.93. The fraction of sp³-hybridized carbons (Fsp3) is 0.933. The molecule has 2 heterocycles.